The number of pyridine rings is 1. The number of aryl methyl sites for hydroxylation is 1. The Bertz CT molecular complexity index is 790. The number of benzene rings is 1. The Kier molecular flexibility index (Phi) is 2.83. The van der Waals surface area contributed by atoms with Gasteiger partial charge in [0.1, 0.15) is 5.69 Å². The number of aromatic nitrogens is 3. The summed E-state index contributed by atoms with van der Waals surface area (Å²) in [4.78, 5) is 14.7. The smallest absolute Gasteiger partial charge is 0.449 e. The molecule has 0 atom stereocenters. The zero-order chi connectivity index (χ0) is 14.1. The topological polar surface area (TPSA) is 77.2 Å². The number of hydrogen-bond donors (Lipinski definition) is 1. The van der Waals surface area contributed by atoms with Gasteiger partial charge < -0.3 is 9.84 Å². The molecule has 0 spiro atoms. The molecule has 1 aromatic carbocycles. The Labute approximate surface area is 114 Å². The summed E-state index contributed by atoms with van der Waals surface area (Å²) in [7, 11) is 0. The second kappa shape index (κ2) is 4.65. The van der Waals surface area contributed by atoms with Crippen LogP contribution in [-0.2, 0) is 0 Å². The van der Waals surface area contributed by atoms with Gasteiger partial charge in [-0.05, 0) is 19.1 Å². The molecule has 6 nitrogen and oxygen atoms in total. The molecule has 2 heterocycles. The van der Waals surface area contributed by atoms with Crippen molar-refractivity contribution in [3.8, 4) is 11.4 Å². The highest BCUT2D eigenvalue weighted by Gasteiger charge is 2.12. The van der Waals surface area contributed by atoms with E-state index in [1.165, 1.54) is 0 Å². The van der Waals surface area contributed by atoms with E-state index in [0.717, 1.165) is 16.5 Å². The summed E-state index contributed by atoms with van der Waals surface area (Å²) in [5, 5.41) is 14.9. The third kappa shape index (κ3) is 2.07. The van der Waals surface area contributed by atoms with Crippen LogP contribution in [0.15, 0.2) is 42.9 Å². The first-order valence-corrected chi connectivity index (χ1v) is 5.95. The molecule has 3 aromatic rings. The van der Waals surface area contributed by atoms with E-state index in [1.807, 2.05) is 24.3 Å². The number of rotatable bonds is 2. The number of fused-ring (bicyclic) bond motifs is 1. The highest BCUT2D eigenvalue weighted by molar-refractivity contribution is 5.89. The second-order valence-corrected chi connectivity index (χ2v) is 4.27. The second-order valence-electron chi connectivity index (χ2n) is 4.27. The van der Waals surface area contributed by atoms with Crippen LogP contribution in [0.1, 0.15) is 5.69 Å². The van der Waals surface area contributed by atoms with E-state index in [9.17, 15) is 4.79 Å². The van der Waals surface area contributed by atoms with Crippen LogP contribution >= 0.6 is 0 Å². The fraction of sp³-hybridized carbons (Fsp3) is 0.0714. The number of hydrogen-bond acceptors (Lipinski definition) is 4. The Balaban J connectivity index is 2.14. The molecule has 0 aliphatic rings. The first-order valence-electron chi connectivity index (χ1n) is 5.95. The average Bonchev–Trinajstić information content (AvgIpc) is 2.78. The van der Waals surface area contributed by atoms with Crippen molar-refractivity contribution >= 4 is 16.9 Å². The van der Waals surface area contributed by atoms with Gasteiger partial charge in [0.15, 0.2) is 5.75 Å². The van der Waals surface area contributed by atoms with Crippen molar-refractivity contribution in [3.05, 3.63) is 48.5 Å². The van der Waals surface area contributed by atoms with Crippen molar-refractivity contribution in [2.45, 2.75) is 6.92 Å². The van der Waals surface area contributed by atoms with Crippen molar-refractivity contribution in [2.75, 3.05) is 0 Å². The van der Waals surface area contributed by atoms with Gasteiger partial charge in [-0.3, -0.25) is 4.98 Å². The van der Waals surface area contributed by atoms with Crippen LogP contribution in [0.4, 0.5) is 4.79 Å². The summed E-state index contributed by atoms with van der Waals surface area (Å²) in [6, 6.07) is 7.64. The third-order valence-electron chi connectivity index (χ3n) is 2.96. The van der Waals surface area contributed by atoms with Gasteiger partial charge in [-0.15, -0.1) is 0 Å². The van der Waals surface area contributed by atoms with Gasteiger partial charge in [-0.25, -0.2) is 9.48 Å². The SMILES string of the molecule is Cc1nn(-c2cccc3cnccc23)cc1OC(=O)O. The lowest BCUT2D eigenvalue weighted by Crippen LogP contribution is -2.02. The molecule has 2 aromatic heterocycles. The summed E-state index contributed by atoms with van der Waals surface area (Å²) in [6.45, 7) is 1.70. The van der Waals surface area contributed by atoms with E-state index in [-0.39, 0.29) is 5.75 Å². The molecular weight excluding hydrogens is 258 g/mol. The molecule has 0 aliphatic heterocycles. The Hall–Kier alpha value is -2.89. The van der Waals surface area contributed by atoms with Gasteiger partial charge in [0, 0.05) is 23.2 Å². The lowest BCUT2D eigenvalue weighted by Gasteiger charge is -2.05. The van der Waals surface area contributed by atoms with Gasteiger partial charge in [-0.2, -0.15) is 5.10 Å². The average molecular weight is 269 g/mol. The molecule has 0 saturated carbocycles. The predicted octanol–water partition coefficient (Wildman–Crippen LogP) is 2.79. The Morgan fingerprint density at radius 2 is 2.20 bits per heavy atom. The summed E-state index contributed by atoms with van der Waals surface area (Å²) < 4.78 is 6.29. The van der Waals surface area contributed by atoms with Crippen LogP contribution in [-0.4, -0.2) is 26.0 Å². The minimum Gasteiger partial charge on any atom is -0.449 e. The lowest BCUT2D eigenvalue weighted by atomic mass is 10.1. The summed E-state index contributed by atoms with van der Waals surface area (Å²) in [6.07, 6.45) is 3.68. The quantitative estimate of drug-likeness (QED) is 0.724. The molecule has 20 heavy (non-hydrogen) atoms. The van der Waals surface area contributed by atoms with Crippen molar-refractivity contribution in [3.63, 3.8) is 0 Å². The highest BCUT2D eigenvalue weighted by Crippen LogP contribution is 2.24. The van der Waals surface area contributed by atoms with Gasteiger partial charge in [0.2, 0.25) is 0 Å². The number of nitrogens with zero attached hydrogens (tertiary/aromatic N) is 3. The molecule has 6 heteroatoms. The first kappa shape index (κ1) is 12.2. The molecule has 1 N–H and O–H groups in total. The zero-order valence-corrected chi connectivity index (χ0v) is 10.6. The molecule has 3 rings (SSSR count). The molecule has 0 radical (unpaired) electrons. The number of ether oxygens (including phenoxy) is 1. The van der Waals surface area contributed by atoms with Crippen molar-refractivity contribution in [2.24, 2.45) is 0 Å². The fourth-order valence-electron chi connectivity index (χ4n) is 2.07. The van der Waals surface area contributed by atoms with Crippen LogP contribution in [0.25, 0.3) is 16.5 Å². The molecule has 100 valence electrons. The number of carbonyl (C=O) groups is 1. The molecule has 0 bridgehead atoms. The van der Waals surface area contributed by atoms with Crippen LogP contribution in [0.2, 0.25) is 0 Å². The van der Waals surface area contributed by atoms with E-state index in [0.29, 0.717) is 5.69 Å². The lowest BCUT2D eigenvalue weighted by molar-refractivity contribution is 0.144. The van der Waals surface area contributed by atoms with Gasteiger partial charge in [-0.1, -0.05) is 12.1 Å². The Morgan fingerprint density at radius 1 is 1.35 bits per heavy atom. The Morgan fingerprint density at radius 3 is 3.00 bits per heavy atom. The maximum Gasteiger partial charge on any atom is 0.511 e. The molecule has 0 aliphatic carbocycles. The van der Waals surface area contributed by atoms with Crippen LogP contribution in [0.3, 0.4) is 0 Å². The number of carboxylic acid groups (broad SMARTS) is 1. The zero-order valence-electron chi connectivity index (χ0n) is 10.6. The van der Waals surface area contributed by atoms with Crippen LogP contribution in [0, 0.1) is 6.92 Å². The molecular formula is C14H11N3O3. The normalized spacial score (nSPS) is 10.7. The van der Waals surface area contributed by atoms with E-state index in [2.05, 4.69) is 14.8 Å². The van der Waals surface area contributed by atoms with Crippen LogP contribution < -0.4 is 4.74 Å². The van der Waals surface area contributed by atoms with Crippen LogP contribution in [0.5, 0.6) is 5.75 Å². The predicted molar refractivity (Wildman–Crippen MR) is 72.3 cm³/mol. The van der Waals surface area contributed by atoms with E-state index in [1.54, 1.807) is 30.2 Å². The fourth-order valence-corrected chi connectivity index (χ4v) is 2.07. The largest absolute Gasteiger partial charge is 0.511 e. The van der Waals surface area contributed by atoms with Crippen molar-refractivity contribution < 1.29 is 14.6 Å². The molecule has 0 unspecified atom stereocenters. The molecule has 0 fully saturated rings. The van der Waals surface area contributed by atoms with Gasteiger partial charge in [0.25, 0.3) is 0 Å². The monoisotopic (exact) mass is 269 g/mol. The van der Waals surface area contributed by atoms with Gasteiger partial charge in [0.05, 0.1) is 11.9 Å². The highest BCUT2D eigenvalue weighted by atomic mass is 16.7. The minimum atomic E-state index is -1.35. The van der Waals surface area contributed by atoms with E-state index in [4.69, 9.17) is 5.11 Å². The van der Waals surface area contributed by atoms with Crippen molar-refractivity contribution in [1.82, 2.24) is 14.8 Å². The first-order chi connectivity index (χ1) is 9.65. The third-order valence-corrected chi connectivity index (χ3v) is 2.96. The standard InChI is InChI=1S/C14H11N3O3/c1-9-13(20-14(18)19)8-17(16-9)12-4-2-3-10-7-15-6-5-11(10)12/h2-8H,1H3,(H,18,19). The summed E-state index contributed by atoms with van der Waals surface area (Å²) >= 11 is 0. The van der Waals surface area contributed by atoms with Crippen molar-refractivity contribution in [1.29, 1.82) is 0 Å². The maximum absolute atomic E-state index is 10.6. The summed E-state index contributed by atoms with van der Waals surface area (Å²) in [5.41, 5.74) is 1.35. The molecule has 0 saturated heterocycles. The molecule has 0 amide bonds. The minimum absolute atomic E-state index is 0.226. The van der Waals surface area contributed by atoms with E-state index < -0.39 is 6.16 Å². The van der Waals surface area contributed by atoms with E-state index >= 15 is 0 Å². The summed E-state index contributed by atoms with van der Waals surface area (Å²) in [5.74, 6) is 0.226. The maximum atomic E-state index is 10.6. The van der Waals surface area contributed by atoms with Gasteiger partial charge >= 0.3 is 6.16 Å².